The summed E-state index contributed by atoms with van der Waals surface area (Å²) in [5.41, 5.74) is 0.405. The van der Waals surface area contributed by atoms with Crippen LogP contribution in [0.4, 0.5) is 0 Å². The molecule has 1 saturated carbocycles. The standard InChI is InChI=1S/C10H17NO.2C2H6/c1-8-2-3-10(6-8)4-5-11-9(12)7-10;2*1-2/h8H,2-7H2,1H3,(H,11,12);2*1-2H3. The fourth-order valence-corrected chi connectivity index (χ4v) is 2.84. The van der Waals surface area contributed by atoms with Gasteiger partial charge in [0.05, 0.1) is 0 Å². The Balaban J connectivity index is 0.000000509. The van der Waals surface area contributed by atoms with Crippen molar-refractivity contribution in [2.45, 2.75) is 66.7 Å². The van der Waals surface area contributed by atoms with Gasteiger partial charge in [0.2, 0.25) is 5.91 Å². The van der Waals surface area contributed by atoms with Gasteiger partial charge in [-0.05, 0) is 30.6 Å². The summed E-state index contributed by atoms with van der Waals surface area (Å²) in [5, 5.41) is 2.91. The first-order chi connectivity index (χ1) is 7.70. The van der Waals surface area contributed by atoms with Crippen LogP contribution in [-0.4, -0.2) is 12.5 Å². The highest BCUT2D eigenvalue weighted by Gasteiger charge is 2.40. The van der Waals surface area contributed by atoms with Crippen LogP contribution < -0.4 is 5.32 Å². The van der Waals surface area contributed by atoms with E-state index in [4.69, 9.17) is 0 Å². The molecule has 1 saturated heterocycles. The molecule has 16 heavy (non-hydrogen) atoms. The van der Waals surface area contributed by atoms with Crippen molar-refractivity contribution in [1.82, 2.24) is 5.32 Å². The van der Waals surface area contributed by atoms with Crippen LogP contribution in [0.25, 0.3) is 0 Å². The van der Waals surface area contributed by atoms with Crippen molar-refractivity contribution in [3.63, 3.8) is 0 Å². The molecule has 96 valence electrons. The van der Waals surface area contributed by atoms with Gasteiger partial charge in [0.1, 0.15) is 0 Å². The van der Waals surface area contributed by atoms with E-state index in [2.05, 4.69) is 12.2 Å². The molecular weight excluding hydrogens is 198 g/mol. The normalized spacial score (nSPS) is 32.1. The third-order valence-electron chi connectivity index (χ3n) is 3.46. The molecule has 2 unspecified atom stereocenters. The molecule has 0 aromatic heterocycles. The SMILES string of the molecule is CC.CC.CC1CCC2(CCNC(=O)C2)C1. The average Bonchev–Trinajstić information content (AvgIpc) is 2.65. The predicted octanol–water partition coefficient (Wildman–Crippen LogP) is 3.76. The number of rotatable bonds is 0. The molecule has 2 aliphatic rings. The maximum absolute atomic E-state index is 11.2. The molecule has 1 spiro atoms. The van der Waals surface area contributed by atoms with Crippen molar-refractivity contribution in [3.05, 3.63) is 0 Å². The Morgan fingerprint density at radius 1 is 1.19 bits per heavy atom. The van der Waals surface area contributed by atoms with Crippen LogP contribution in [0.3, 0.4) is 0 Å². The van der Waals surface area contributed by atoms with Gasteiger partial charge in [-0.1, -0.05) is 41.0 Å². The first kappa shape index (κ1) is 15.5. The molecule has 1 amide bonds. The van der Waals surface area contributed by atoms with E-state index in [1.807, 2.05) is 27.7 Å². The molecule has 1 aliphatic heterocycles. The fraction of sp³-hybridized carbons (Fsp3) is 0.929. The molecule has 2 atom stereocenters. The molecule has 2 fully saturated rings. The molecule has 0 aromatic rings. The molecular formula is C14H29NO. The molecule has 1 aliphatic carbocycles. The number of carbonyl (C=O) groups is 1. The van der Waals surface area contributed by atoms with Crippen molar-refractivity contribution >= 4 is 5.91 Å². The predicted molar refractivity (Wildman–Crippen MR) is 70.4 cm³/mol. The summed E-state index contributed by atoms with van der Waals surface area (Å²) in [5.74, 6) is 1.12. The largest absolute Gasteiger partial charge is 0.356 e. The topological polar surface area (TPSA) is 29.1 Å². The van der Waals surface area contributed by atoms with Crippen molar-refractivity contribution in [1.29, 1.82) is 0 Å². The quantitative estimate of drug-likeness (QED) is 0.671. The summed E-state index contributed by atoms with van der Waals surface area (Å²) in [6.45, 7) is 11.2. The van der Waals surface area contributed by atoms with Gasteiger partial charge in [0, 0.05) is 13.0 Å². The number of piperidine rings is 1. The van der Waals surface area contributed by atoms with Crippen LogP contribution >= 0.6 is 0 Å². The van der Waals surface area contributed by atoms with Crippen molar-refractivity contribution in [2.75, 3.05) is 6.54 Å². The maximum atomic E-state index is 11.2. The van der Waals surface area contributed by atoms with E-state index in [1.165, 1.54) is 25.7 Å². The van der Waals surface area contributed by atoms with Gasteiger partial charge in [-0.25, -0.2) is 0 Å². The zero-order chi connectivity index (χ0) is 12.6. The zero-order valence-electron chi connectivity index (χ0n) is 11.7. The van der Waals surface area contributed by atoms with Gasteiger partial charge in [0.25, 0.3) is 0 Å². The highest BCUT2D eigenvalue weighted by atomic mass is 16.1. The number of amides is 1. The highest BCUT2D eigenvalue weighted by molar-refractivity contribution is 5.77. The molecule has 2 heteroatoms. The van der Waals surface area contributed by atoms with Crippen LogP contribution in [0, 0.1) is 11.3 Å². The Kier molecular flexibility index (Phi) is 7.44. The van der Waals surface area contributed by atoms with Gasteiger partial charge >= 0.3 is 0 Å². The molecule has 2 nitrogen and oxygen atoms in total. The lowest BCUT2D eigenvalue weighted by molar-refractivity contribution is -0.125. The number of hydrogen-bond acceptors (Lipinski definition) is 1. The summed E-state index contributed by atoms with van der Waals surface area (Å²) >= 11 is 0. The van der Waals surface area contributed by atoms with Crippen LogP contribution in [-0.2, 0) is 4.79 Å². The Morgan fingerprint density at radius 2 is 1.81 bits per heavy atom. The summed E-state index contributed by atoms with van der Waals surface area (Å²) in [6, 6.07) is 0. The summed E-state index contributed by atoms with van der Waals surface area (Å²) in [6.07, 6.45) is 5.88. The first-order valence-electron chi connectivity index (χ1n) is 6.97. The lowest BCUT2D eigenvalue weighted by atomic mass is 9.77. The second-order valence-corrected chi connectivity index (χ2v) is 4.62. The van der Waals surface area contributed by atoms with Gasteiger partial charge < -0.3 is 5.32 Å². The lowest BCUT2D eigenvalue weighted by Crippen LogP contribution is -2.39. The molecule has 2 rings (SSSR count). The van der Waals surface area contributed by atoms with E-state index in [1.54, 1.807) is 0 Å². The summed E-state index contributed by atoms with van der Waals surface area (Å²) in [7, 11) is 0. The van der Waals surface area contributed by atoms with E-state index >= 15 is 0 Å². The van der Waals surface area contributed by atoms with E-state index in [0.717, 1.165) is 18.9 Å². The second-order valence-electron chi connectivity index (χ2n) is 4.62. The number of carbonyl (C=O) groups excluding carboxylic acids is 1. The minimum absolute atomic E-state index is 0.273. The van der Waals surface area contributed by atoms with Gasteiger partial charge in [-0.2, -0.15) is 0 Å². The van der Waals surface area contributed by atoms with E-state index in [9.17, 15) is 4.79 Å². The molecule has 0 radical (unpaired) electrons. The highest BCUT2D eigenvalue weighted by Crippen LogP contribution is 2.47. The fourth-order valence-electron chi connectivity index (χ4n) is 2.84. The summed E-state index contributed by atoms with van der Waals surface area (Å²) < 4.78 is 0. The minimum atomic E-state index is 0.273. The zero-order valence-corrected chi connectivity index (χ0v) is 11.7. The second kappa shape index (κ2) is 7.70. The third-order valence-corrected chi connectivity index (χ3v) is 3.46. The smallest absolute Gasteiger partial charge is 0.220 e. The van der Waals surface area contributed by atoms with Crippen LogP contribution in [0.15, 0.2) is 0 Å². The van der Waals surface area contributed by atoms with Crippen LogP contribution in [0.5, 0.6) is 0 Å². The molecule has 1 N–H and O–H groups in total. The molecule has 0 bridgehead atoms. The van der Waals surface area contributed by atoms with E-state index in [0.29, 0.717) is 5.41 Å². The third kappa shape index (κ3) is 4.15. The average molecular weight is 227 g/mol. The number of hydrogen-bond donors (Lipinski definition) is 1. The van der Waals surface area contributed by atoms with Crippen molar-refractivity contribution < 1.29 is 4.79 Å². The lowest BCUT2D eigenvalue weighted by Gasteiger charge is -2.32. The van der Waals surface area contributed by atoms with E-state index in [-0.39, 0.29) is 5.91 Å². The Labute approximate surface area is 101 Å². The monoisotopic (exact) mass is 227 g/mol. The van der Waals surface area contributed by atoms with Crippen LogP contribution in [0.1, 0.15) is 66.7 Å². The molecule has 1 heterocycles. The van der Waals surface area contributed by atoms with Gasteiger partial charge in [-0.15, -0.1) is 0 Å². The Hall–Kier alpha value is -0.530. The summed E-state index contributed by atoms with van der Waals surface area (Å²) in [4.78, 5) is 11.2. The minimum Gasteiger partial charge on any atom is -0.356 e. The van der Waals surface area contributed by atoms with Crippen molar-refractivity contribution in [2.24, 2.45) is 11.3 Å². The maximum Gasteiger partial charge on any atom is 0.220 e. The van der Waals surface area contributed by atoms with E-state index < -0.39 is 0 Å². The Bertz CT molecular complexity index is 199. The van der Waals surface area contributed by atoms with Crippen LogP contribution in [0.2, 0.25) is 0 Å². The Morgan fingerprint density at radius 3 is 2.25 bits per heavy atom. The first-order valence-corrected chi connectivity index (χ1v) is 6.97. The van der Waals surface area contributed by atoms with Crippen molar-refractivity contribution in [3.8, 4) is 0 Å². The van der Waals surface area contributed by atoms with Gasteiger partial charge in [0.15, 0.2) is 0 Å². The molecule has 0 aromatic carbocycles. The van der Waals surface area contributed by atoms with Gasteiger partial charge in [-0.3, -0.25) is 4.79 Å². The number of nitrogens with one attached hydrogen (secondary N) is 1.